The fourth-order valence-corrected chi connectivity index (χ4v) is 4.05. The Labute approximate surface area is 150 Å². The molecule has 2 unspecified atom stereocenters. The first-order valence-electron chi connectivity index (χ1n) is 8.76. The molecule has 24 heavy (non-hydrogen) atoms. The third-order valence-electron chi connectivity index (χ3n) is 5.35. The molecule has 134 valence electrons. The van der Waals surface area contributed by atoms with Crippen LogP contribution in [0.3, 0.4) is 0 Å². The van der Waals surface area contributed by atoms with E-state index < -0.39 is 12.1 Å². The number of hydrogen-bond acceptors (Lipinski definition) is 3. The molecule has 0 radical (unpaired) electrons. The van der Waals surface area contributed by atoms with Crippen molar-refractivity contribution in [3.8, 4) is 0 Å². The third-order valence-corrected chi connectivity index (χ3v) is 5.35. The summed E-state index contributed by atoms with van der Waals surface area (Å²) in [5.41, 5.74) is 1.85. The lowest BCUT2D eigenvalue weighted by atomic mass is 9.90. The van der Waals surface area contributed by atoms with Gasteiger partial charge in [0.25, 0.3) is 0 Å². The number of ether oxygens (including phenoxy) is 1. The van der Waals surface area contributed by atoms with Crippen molar-refractivity contribution < 1.29 is 31.5 Å². The van der Waals surface area contributed by atoms with Crippen molar-refractivity contribution in [2.75, 3.05) is 27.2 Å². The summed E-state index contributed by atoms with van der Waals surface area (Å²) in [5.74, 6) is -0.0296. The molecule has 1 saturated carbocycles. The van der Waals surface area contributed by atoms with Crippen molar-refractivity contribution in [1.82, 2.24) is 0 Å². The molecule has 0 spiro atoms. The van der Waals surface area contributed by atoms with E-state index in [1.165, 1.54) is 12.8 Å². The second-order valence-corrected chi connectivity index (χ2v) is 7.70. The number of nitrogens with zero attached hydrogens (tertiary/aromatic N) is 1. The number of rotatable bonds is 4. The Balaban J connectivity index is 0.00000208. The van der Waals surface area contributed by atoms with Gasteiger partial charge in [-0.2, -0.15) is 0 Å². The van der Waals surface area contributed by atoms with Crippen LogP contribution in [0.5, 0.6) is 0 Å². The minimum atomic E-state index is -1.16. The van der Waals surface area contributed by atoms with Gasteiger partial charge in [-0.3, -0.25) is 0 Å². The van der Waals surface area contributed by atoms with Crippen LogP contribution in [-0.4, -0.2) is 48.8 Å². The maximum absolute atomic E-state index is 12.4. The van der Waals surface area contributed by atoms with Crippen LogP contribution in [0.4, 0.5) is 0 Å². The molecule has 1 aromatic rings. The molecule has 0 bridgehead atoms. The van der Waals surface area contributed by atoms with E-state index in [4.69, 9.17) is 4.74 Å². The summed E-state index contributed by atoms with van der Waals surface area (Å²) in [6, 6.07) is 7.80. The maximum Gasteiger partial charge on any atom is 0.340 e. The second-order valence-electron chi connectivity index (χ2n) is 7.70. The zero-order chi connectivity index (χ0) is 16.4. The highest BCUT2D eigenvalue weighted by Gasteiger charge is 2.35. The van der Waals surface area contributed by atoms with Gasteiger partial charge < -0.3 is 26.7 Å². The SMILES string of the molecule is C[N+]1(C)CCC(OC(=O)C(O)c2ccccc2C2CCCC2)C1.[Cl-]. The smallest absolute Gasteiger partial charge is 0.340 e. The highest BCUT2D eigenvalue weighted by molar-refractivity contribution is 5.77. The van der Waals surface area contributed by atoms with Crippen LogP contribution in [-0.2, 0) is 9.53 Å². The Hall–Kier alpha value is -1.10. The van der Waals surface area contributed by atoms with Crippen molar-refractivity contribution in [3.63, 3.8) is 0 Å². The first kappa shape index (κ1) is 19.2. The summed E-state index contributed by atoms with van der Waals surface area (Å²) in [7, 11) is 4.28. The van der Waals surface area contributed by atoms with Gasteiger partial charge in [-0.25, -0.2) is 4.79 Å². The predicted octanol–water partition coefficient (Wildman–Crippen LogP) is -0.226. The zero-order valence-electron chi connectivity index (χ0n) is 14.6. The van der Waals surface area contributed by atoms with Crippen LogP contribution in [0.1, 0.15) is 55.3 Å². The molecule has 4 nitrogen and oxygen atoms in total. The van der Waals surface area contributed by atoms with Gasteiger partial charge in [0, 0.05) is 6.42 Å². The van der Waals surface area contributed by atoms with Crippen molar-refractivity contribution in [1.29, 1.82) is 0 Å². The van der Waals surface area contributed by atoms with Crippen LogP contribution in [0.25, 0.3) is 0 Å². The van der Waals surface area contributed by atoms with Gasteiger partial charge in [0.1, 0.15) is 6.54 Å². The molecule has 3 rings (SSSR count). The molecule has 0 amide bonds. The number of carbonyl (C=O) groups is 1. The normalized spacial score (nSPS) is 24.4. The Bertz CT molecular complexity index is 569. The average molecular weight is 354 g/mol. The molecule has 2 fully saturated rings. The van der Waals surface area contributed by atoms with Gasteiger partial charge >= 0.3 is 5.97 Å². The predicted molar refractivity (Wildman–Crippen MR) is 89.0 cm³/mol. The number of likely N-dealkylation sites (N-methyl/N-ethyl adjacent to an activating group) is 1. The molecule has 2 aliphatic rings. The van der Waals surface area contributed by atoms with E-state index in [1.54, 1.807) is 0 Å². The zero-order valence-corrected chi connectivity index (χ0v) is 15.3. The molecule has 2 atom stereocenters. The molecule has 5 heteroatoms. The number of carbonyl (C=O) groups excluding carboxylic acids is 1. The average Bonchev–Trinajstić information content (AvgIpc) is 3.16. The molecule has 0 aromatic heterocycles. The number of aliphatic hydroxyl groups excluding tert-OH is 1. The van der Waals surface area contributed by atoms with Crippen LogP contribution in [0, 0.1) is 0 Å². The maximum atomic E-state index is 12.4. The highest BCUT2D eigenvalue weighted by Crippen LogP contribution is 2.37. The van der Waals surface area contributed by atoms with Gasteiger partial charge in [0.05, 0.1) is 20.6 Å². The lowest BCUT2D eigenvalue weighted by molar-refractivity contribution is -0.879. The second kappa shape index (κ2) is 7.85. The molecule has 1 N–H and O–H groups in total. The highest BCUT2D eigenvalue weighted by atomic mass is 35.5. The first-order valence-corrected chi connectivity index (χ1v) is 8.76. The number of likely N-dealkylation sites (tertiary alicyclic amines) is 1. The molecule has 1 aliphatic heterocycles. The molecule has 1 heterocycles. The Morgan fingerprint density at radius 1 is 1.21 bits per heavy atom. The summed E-state index contributed by atoms with van der Waals surface area (Å²) < 4.78 is 6.44. The third kappa shape index (κ3) is 4.29. The minimum Gasteiger partial charge on any atom is -1.00 e. The van der Waals surface area contributed by atoms with E-state index >= 15 is 0 Å². The minimum absolute atomic E-state index is 0. The molecular formula is C19H28ClNO3. The van der Waals surface area contributed by atoms with Crippen molar-refractivity contribution in [2.24, 2.45) is 0 Å². The van der Waals surface area contributed by atoms with E-state index in [0.29, 0.717) is 5.92 Å². The van der Waals surface area contributed by atoms with E-state index in [2.05, 4.69) is 20.2 Å². The Kier molecular flexibility index (Phi) is 6.29. The number of hydrogen-bond donors (Lipinski definition) is 1. The molecule has 1 aliphatic carbocycles. The van der Waals surface area contributed by atoms with Gasteiger partial charge in [-0.15, -0.1) is 0 Å². The van der Waals surface area contributed by atoms with E-state index in [-0.39, 0.29) is 18.5 Å². The van der Waals surface area contributed by atoms with Crippen molar-refractivity contribution in [2.45, 2.75) is 50.2 Å². The van der Waals surface area contributed by atoms with E-state index in [9.17, 15) is 9.90 Å². The quantitative estimate of drug-likeness (QED) is 0.601. The fraction of sp³-hybridized carbons (Fsp3) is 0.632. The van der Waals surface area contributed by atoms with Crippen LogP contribution >= 0.6 is 0 Å². The summed E-state index contributed by atoms with van der Waals surface area (Å²) in [5, 5.41) is 10.5. The summed E-state index contributed by atoms with van der Waals surface area (Å²) in [4.78, 5) is 12.4. The van der Waals surface area contributed by atoms with Gasteiger partial charge in [0.15, 0.2) is 12.2 Å². The van der Waals surface area contributed by atoms with Crippen LogP contribution in [0.15, 0.2) is 24.3 Å². The topological polar surface area (TPSA) is 46.5 Å². The standard InChI is InChI=1S/C19H28NO3.ClH/c1-20(2)12-11-15(13-20)23-19(22)18(21)17-10-6-5-9-16(17)14-7-3-4-8-14;/h5-6,9-10,14-15,18,21H,3-4,7-8,11-13H2,1-2H3;1H/q+1;/p-1. The number of benzene rings is 1. The summed E-state index contributed by atoms with van der Waals surface area (Å²) in [6.45, 7) is 1.83. The Morgan fingerprint density at radius 3 is 2.50 bits per heavy atom. The fourth-order valence-electron chi connectivity index (χ4n) is 4.05. The monoisotopic (exact) mass is 353 g/mol. The molecule has 1 saturated heterocycles. The number of esters is 1. The molecule has 1 aromatic carbocycles. The van der Waals surface area contributed by atoms with Crippen LogP contribution < -0.4 is 12.4 Å². The summed E-state index contributed by atoms with van der Waals surface area (Å²) >= 11 is 0. The lowest BCUT2D eigenvalue weighted by Crippen LogP contribution is -3.00. The summed E-state index contributed by atoms with van der Waals surface area (Å²) in [6.07, 6.45) is 4.38. The lowest BCUT2D eigenvalue weighted by Gasteiger charge is -2.23. The number of aliphatic hydroxyl groups is 1. The van der Waals surface area contributed by atoms with Crippen molar-refractivity contribution in [3.05, 3.63) is 35.4 Å². The van der Waals surface area contributed by atoms with E-state index in [0.717, 1.165) is 48.0 Å². The Morgan fingerprint density at radius 2 is 1.88 bits per heavy atom. The first-order chi connectivity index (χ1) is 11.0. The number of halogens is 1. The molecular weight excluding hydrogens is 326 g/mol. The van der Waals surface area contributed by atoms with Gasteiger partial charge in [-0.05, 0) is 29.9 Å². The van der Waals surface area contributed by atoms with Crippen molar-refractivity contribution >= 4 is 5.97 Å². The van der Waals surface area contributed by atoms with Gasteiger partial charge in [0.2, 0.25) is 0 Å². The number of quaternary nitrogens is 1. The van der Waals surface area contributed by atoms with Crippen LogP contribution in [0.2, 0.25) is 0 Å². The van der Waals surface area contributed by atoms with E-state index in [1.807, 2.05) is 18.2 Å². The van der Waals surface area contributed by atoms with Gasteiger partial charge in [-0.1, -0.05) is 37.1 Å². The largest absolute Gasteiger partial charge is 1.00 e.